The number of methoxy groups -OCH3 is 1. The molecule has 0 aliphatic heterocycles. The summed E-state index contributed by atoms with van der Waals surface area (Å²) >= 11 is 6.28. The van der Waals surface area contributed by atoms with Gasteiger partial charge in [-0.05, 0) is 55.9 Å². The Bertz CT molecular complexity index is 569. The molecule has 2 aromatic rings. The van der Waals surface area contributed by atoms with E-state index in [9.17, 15) is 0 Å². The van der Waals surface area contributed by atoms with Crippen molar-refractivity contribution in [1.29, 1.82) is 0 Å². The fourth-order valence-corrected chi connectivity index (χ4v) is 2.19. The second-order valence-electron chi connectivity index (χ2n) is 4.47. The predicted molar refractivity (Wildman–Crippen MR) is 82.0 cm³/mol. The molecule has 20 heavy (non-hydrogen) atoms. The lowest BCUT2D eigenvalue weighted by Crippen LogP contribution is -2.12. The molecular formula is C16H18ClNO2. The molecule has 0 saturated carbocycles. The number of hydrogen-bond donors (Lipinski definition) is 1. The largest absolute Gasteiger partial charge is 0.497 e. The molecule has 2 rings (SSSR count). The van der Waals surface area contributed by atoms with E-state index in [4.69, 9.17) is 21.1 Å². The summed E-state index contributed by atoms with van der Waals surface area (Å²) in [5.41, 5.74) is 1.05. The predicted octanol–water partition coefficient (Wildman–Crippen LogP) is 4.42. The Kier molecular flexibility index (Phi) is 4.88. The second-order valence-corrected chi connectivity index (χ2v) is 4.88. The van der Waals surface area contributed by atoms with Gasteiger partial charge in [0.1, 0.15) is 17.2 Å². The molecule has 0 radical (unpaired) electrons. The van der Waals surface area contributed by atoms with Gasteiger partial charge >= 0.3 is 0 Å². The van der Waals surface area contributed by atoms with Crippen molar-refractivity contribution in [1.82, 2.24) is 5.32 Å². The van der Waals surface area contributed by atoms with Gasteiger partial charge < -0.3 is 14.8 Å². The number of benzene rings is 2. The molecule has 0 bridgehead atoms. The molecule has 3 nitrogen and oxygen atoms in total. The number of rotatable bonds is 5. The van der Waals surface area contributed by atoms with Crippen LogP contribution in [0.15, 0.2) is 42.5 Å². The molecule has 0 saturated heterocycles. The summed E-state index contributed by atoms with van der Waals surface area (Å²) in [7, 11) is 3.54. The van der Waals surface area contributed by atoms with Crippen molar-refractivity contribution >= 4 is 11.6 Å². The summed E-state index contributed by atoms with van der Waals surface area (Å²) < 4.78 is 10.9. The fraction of sp³-hybridized carbons (Fsp3) is 0.250. The first kappa shape index (κ1) is 14.7. The first-order valence-corrected chi connectivity index (χ1v) is 6.80. The van der Waals surface area contributed by atoms with Crippen molar-refractivity contribution < 1.29 is 9.47 Å². The normalized spacial score (nSPS) is 12.0. The van der Waals surface area contributed by atoms with E-state index in [1.54, 1.807) is 7.11 Å². The van der Waals surface area contributed by atoms with Gasteiger partial charge in [-0.2, -0.15) is 0 Å². The van der Waals surface area contributed by atoms with E-state index in [1.807, 2.05) is 49.5 Å². The number of halogens is 1. The Morgan fingerprint density at radius 2 is 1.60 bits per heavy atom. The maximum Gasteiger partial charge on any atom is 0.128 e. The maximum absolute atomic E-state index is 6.28. The molecule has 1 N–H and O–H groups in total. The van der Waals surface area contributed by atoms with Crippen molar-refractivity contribution in [3.63, 3.8) is 0 Å². The average molecular weight is 292 g/mol. The zero-order valence-electron chi connectivity index (χ0n) is 11.8. The highest BCUT2D eigenvalue weighted by atomic mass is 35.5. The summed E-state index contributed by atoms with van der Waals surface area (Å²) in [6.07, 6.45) is 0. The highest BCUT2D eigenvalue weighted by Gasteiger charge is 2.09. The first-order valence-electron chi connectivity index (χ1n) is 6.42. The van der Waals surface area contributed by atoms with Gasteiger partial charge in [0.2, 0.25) is 0 Å². The molecule has 0 spiro atoms. The Labute approximate surface area is 124 Å². The van der Waals surface area contributed by atoms with Gasteiger partial charge in [-0.25, -0.2) is 0 Å². The third-order valence-electron chi connectivity index (χ3n) is 3.17. The van der Waals surface area contributed by atoms with E-state index in [2.05, 4.69) is 12.2 Å². The molecule has 0 aromatic heterocycles. The van der Waals surface area contributed by atoms with Gasteiger partial charge in [-0.1, -0.05) is 17.7 Å². The van der Waals surface area contributed by atoms with E-state index >= 15 is 0 Å². The molecule has 0 amide bonds. The monoisotopic (exact) mass is 291 g/mol. The third kappa shape index (κ3) is 3.44. The molecule has 0 heterocycles. The van der Waals surface area contributed by atoms with Gasteiger partial charge in [0.15, 0.2) is 0 Å². The van der Waals surface area contributed by atoms with Crippen LogP contribution in [-0.4, -0.2) is 14.2 Å². The smallest absolute Gasteiger partial charge is 0.128 e. The van der Waals surface area contributed by atoms with Crippen molar-refractivity contribution in [2.24, 2.45) is 0 Å². The Hall–Kier alpha value is -1.71. The molecule has 2 aromatic carbocycles. The van der Waals surface area contributed by atoms with Gasteiger partial charge in [0.25, 0.3) is 0 Å². The minimum Gasteiger partial charge on any atom is -0.497 e. The summed E-state index contributed by atoms with van der Waals surface area (Å²) in [5, 5.41) is 3.86. The highest BCUT2D eigenvalue weighted by Crippen LogP contribution is 2.30. The molecule has 106 valence electrons. The summed E-state index contributed by atoms with van der Waals surface area (Å²) in [6, 6.07) is 13.4. The summed E-state index contributed by atoms with van der Waals surface area (Å²) in [5.74, 6) is 2.26. The third-order valence-corrected chi connectivity index (χ3v) is 3.49. The molecule has 0 fully saturated rings. The number of ether oxygens (including phenoxy) is 2. The van der Waals surface area contributed by atoms with Crippen LogP contribution in [0.4, 0.5) is 0 Å². The van der Waals surface area contributed by atoms with Crippen LogP contribution in [0.25, 0.3) is 0 Å². The topological polar surface area (TPSA) is 30.5 Å². The summed E-state index contributed by atoms with van der Waals surface area (Å²) in [6.45, 7) is 2.06. The van der Waals surface area contributed by atoms with Gasteiger partial charge in [0.05, 0.1) is 7.11 Å². The van der Waals surface area contributed by atoms with Crippen LogP contribution < -0.4 is 14.8 Å². The number of hydrogen-bond acceptors (Lipinski definition) is 3. The zero-order chi connectivity index (χ0) is 14.5. The standard InChI is InChI=1S/C16H18ClNO2/c1-11(18-2)15-9-8-14(10-16(15)17)20-13-6-4-12(19-3)5-7-13/h4-11,18H,1-3H3. The first-order chi connectivity index (χ1) is 9.63. The van der Waals surface area contributed by atoms with Crippen molar-refractivity contribution in [3.8, 4) is 17.2 Å². The lowest BCUT2D eigenvalue weighted by atomic mass is 10.1. The van der Waals surface area contributed by atoms with Crippen molar-refractivity contribution in [3.05, 3.63) is 53.1 Å². The van der Waals surface area contributed by atoms with Crippen molar-refractivity contribution in [2.45, 2.75) is 13.0 Å². The van der Waals surface area contributed by atoms with E-state index < -0.39 is 0 Å². The van der Waals surface area contributed by atoms with E-state index in [0.717, 1.165) is 17.1 Å². The van der Waals surface area contributed by atoms with Crippen molar-refractivity contribution in [2.75, 3.05) is 14.2 Å². The lowest BCUT2D eigenvalue weighted by molar-refractivity contribution is 0.413. The quantitative estimate of drug-likeness (QED) is 0.884. The van der Waals surface area contributed by atoms with Gasteiger partial charge in [0, 0.05) is 11.1 Å². The highest BCUT2D eigenvalue weighted by molar-refractivity contribution is 6.31. The molecule has 1 unspecified atom stereocenters. The SMILES string of the molecule is CNC(C)c1ccc(Oc2ccc(OC)cc2)cc1Cl. The van der Waals surface area contributed by atoms with Gasteiger partial charge in [-0.3, -0.25) is 0 Å². The number of nitrogens with one attached hydrogen (secondary N) is 1. The van der Waals surface area contributed by atoms with Crippen LogP contribution in [0, 0.1) is 0 Å². The maximum atomic E-state index is 6.28. The van der Waals surface area contributed by atoms with E-state index in [0.29, 0.717) is 10.8 Å². The minimum atomic E-state index is 0.206. The molecule has 4 heteroatoms. The molecular weight excluding hydrogens is 274 g/mol. The fourth-order valence-electron chi connectivity index (χ4n) is 1.86. The van der Waals surface area contributed by atoms with Crippen LogP contribution in [0.3, 0.4) is 0 Å². The van der Waals surface area contributed by atoms with Crippen LogP contribution in [0.1, 0.15) is 18.5 Å². The molecule has 1 atom stereocenters. The molecule has 0 aliphatic carbocycles. The molecule has 0 aliphatic rings. The summed E-state index contributed by atoms with van der Waals surface area (Å²) in [4.78, 5) is 0. The average Bonchev–Trinajstić information content (AvgIpc) is 2.47. The van der Waals surface area contributed by atoms with Crippen LogP contribution in [-0.2, 0) is 0 Å². The lowest BCUT2D eigenvalue weighted by Gasteiger charge is -2.14. The van der Waals surface area contributed by atoms with E-state index in [-0.39, 0.29) is 6.04 Å². The zero-order valence-corrected chi connectivity index (χ0v) is 12.6. The Morgan fingerprint density at radius 1 is 1.00 bits per heavy atom. The Balaban J connectivity index is 2.15. The van der Waals surface area contributed by atoms with Crippen LogP contribution in [0.5, 0.6) is 17.2 Å². The Morgan fingerprint density at radius 3 is 2.15 bits per heavy atom. The minimum absolute atomic E-state index is 0.206. The second kappa shape index (κ2) is 6.64. The van der Waals surface area contributed by atoms with Crippen LogP contribution >= 0.6 is 11.6 Å². The van der Waals surface area contributed by atoms with Gasteiger partial charge in [-0.15, -0.1) is 0 Å². The van der Waals surface area contributed by atoms with E-state index in [1.165, 1.54) is 0 Å². The van der Waals surface area contributed by atoms with Crippen LogP contribution in [0.2, 0.25) is 5.02 Å².